The van der Waals surface area contributed by atoms with Crippen LogP contribution in [0.15, 0.2) is 54.7 Å². The number of fused-ring (bicyclic) bond motifs is 1. The Morgan fingerprint density at radius 1 is 1.04 bits per heavy atom. The number of aromatic nitrogens is 1. The largest absolute Gasteiger partial charge is 0.504 e. The van der Waals surface area contributed by atoms with Gasteiger partial charge in [-0.05, 0) is 66.8 Å². The van der Waals surface area contributed by atoms with E-state index in [0.29, 0.717) is 5.75 Å². The van der Waals surface area contributed by atoms with Gasteiger partial charge in [0.1, 0.15) is 0 Å². The molecule has 4 heteroatoms. The van der Waals surface area contributed by atoms with Crippen molar-refractivity contribution in [1.29, 1.82) is 0 Å². The highest BCUT2D eigenvalue weighted by Gasteiger charge is 2.27. The highest BCUT2D eigenvalue weighted by molar-refractivity contribution is 5.42. The lowest BCUT2D eigenvalue weighted by atomic mass is 9.97. The Morgan fingerprint density at radius 3 is 2.68 bits per heavy atom. The molecule has 1 unspecified atom stereocenters. The summed E-state index contributed by atoms with van der Waals surface area (Å²) in [6.45, 7) is 7.21. The van der Waals surface area contributed by atoms with Gasteiger partial charge in [-0.1, -0.05) is 24.3 Å². The molecule has 4 rings (SSSR count). The zero-order chi connectivity index (χ0) is 19.7. The first-order valence-corrected chi connectivity index (χ1v) is 9.89. The third-order valence-corrected chi connectivity index (χ3v) is 5.83. The topological polar surface area (TPSA) is 37.6 Å². The van der Waals surface area contributed by atoms with E-state index in [2.05, 4.69) is 59.8 Å². The third-order valence-electron chi connectivity index (χ3n) is 5.83. The van der Waals surface area contributed by atoms with Gasteiger partial charge in [-0.15, -0.1) is 0 Å². The standard InChI is InChI=1S/C24H28N2O2/c1-17-7-9-20(14-18(17)2)24-21-6-4-11-25(21)12-5-13-26(24)16-19-8-10-22(27)23(15-19)28-3/h4,6-11,14-15,24,27H,5,12-13,16H2,1-3H3. The van der Waals surface area contributed by atoms with Gasteiger partial charge in [0.05, 0.1) is 13.2 Å². The maximum Gasteiger partial charge on any atom is 0.160 e. The van der Waals surface area contributed by atoms with E-state index >= 15 is 0 Å². The zero-order valence-corrected chi connectivity index (χ0v) is 16.9. The molecule has 3 aromatic rings. The molecule has 1 N–H and O–H groups in total. The highest BCUT2D eigenvalue weighted by atomic mass is 16.5. The second kappa shape index (κ2) is 7.72. The number of methoxy groups -OCH3 is 1. The average Bonchev–Trinajstić information content (AvgIpc) is 3.07. The van der Waals surface area contributed by atoms with Crippen molar-refractivity contribution >= 4 is 0 Å². The Labute approximate surface area is 167 Å². The first-order chi connectivity index (χ1) is 13.6. The summed E-state index contributed by atoms with van der Waals surface area (Å²) in [6.07, 6.45) is 3.30. The first-order valence-electron chi connectivity index (χ1n) is 9.89. The van der Waals surface area contributed by atoms with E-state index in [4.69, 9.17) is 4.74 Å². The van der Waals surface area contributed by atoms with Crippen LogP contribution in [0.25, 0.3) is 0 Å². The van der Waals surface area contributed by atoms with Gasteiger partial charge >= 0.3 is 0 Å². The predicted molar refractivity (Wildman–Crippen MR) is 112 cm³/mol. The normalized spacial score (nSPS) is 17.2. The summed E-state index contributed by atoms with van der Waals surface area (Å²) in [4.78, 5) is 2.54. The molecular weight excluding hydrogens is 348 g/mol. The molecule has 0 bridgehead atoms. The maximum atomic E-state index is 9.93. The summed E-state index contributed by atoms with van der Waals surface area (Å²) >= 11 is 0. The smallest absolute Gasteiger partial charge is 0.160 e. The molecule has 146 valence electrons. The van der Waals surface area contributed by atoms with Gasteiger partial charge in [0.15, 0.2) is 11.5 Å². The molecule has 0 saturated carbocycles. The summed E-state index contributed by atoms with van der Waals surface area (Å²) in [5.41, 5.74) is 6.46. The molecule has 0 spiro atoms. The van der Waals surface area contributed by atoms with Gasteiger partial charge in [0.2, 0.25) is 0 Å². The molecule has 1 aliphatic heterocycles. The number of ether oxygens (including phenoxy) is 1. The molecule has 28 heavy (non-hydrogen) atoms. The van der Waals surface area contributed by atoms with Crippen LogP contribution < -0.4 is 4.74 Å². The van der Waals surface area contributed by atoms with Crippen LogP contribution in [0.5, 0.6) is 11.5 Å². The van der Waals surface area contributed by atoms with Gasteiger partial charge in [0.25, 0.3) is 0 Å². The van der Waals surface area contributed by atoms with Crippen LogP contribution in [-0.2, 0) is 13.1 Å². The van der Waals surface area contributed by atoms with Crippen molar-refractivity contribution in [3.8, 4) is 11.5 Å². The molecular formula is C24H28N2O2. The number of phenols is 1. The molecule has 0 aliphatic carbocycles. The van der Waals surface area contributed by atoms with Crippen molar-refractivity contribution in [3.63, 3.8) is 0 Å². The number of aromatic hydroxyl groups is 1. The molecule has 0 saturated heterocycles. The fourth-order valence-electron chi connectivity index (χ4n) is 4.18. The van der Waals surface area contributed by atoms with Crippen molar-refractivity contribution in [3.05, 3.63) is 82.7 Å². The molecule has 0 amide bonds. The molecule has 2 heterocycles. The Balaban J connectivity index is 1.74. The van der Waals surface area contributed by atoms with Gasteiger partial charge < -0.3 is 14.4 Å². The van der Waals surface area contributed by atoms with Crippen molar-refractivity contribution < 1.29 is 9.84 Å². The van der Waals surface area contributed by atoms with Crippen LogP contribution in [0.2, 0.25) is 0 Å². The van der Waals surface area contributed by atoms with Gasteiger partial charge in [-0.3, -0.25) is 4.90 Å². The number of rotatable bonds is 4. The Kier molecular flexibility index (Phi) is 5.14. The fourth-order valence-corrected chi connectivity index (χ4v) is 4.18. The summed E-state index contributed by atoms with van der Waals surface area (Å²) in [6, 6.07) is 17.1. The van der Waals surface area contributed by atoms with Gasteiger partial charge in [-0.2, -0.15) is 0 Å². The molecule has 0 radical (unpaired) electrons. The number of aryl methyl sites for hydroxylation is 3. The van der Waals surface area contributed by atoms with E-state index < -0.39 is 0 Å². The second-order valence-corrected chi connectivity index (χ2v) is 7.70. The van der Waals surface area contributed by atoms with E-state index in [1.165, 1.54) is 22.4 Å². The second-order valence-electron chi connectivity index (χ2n) is 7.70. The van der Waals surface area contributed by atoms with Crippen LogP contribution in [0.3, 0.4) is 0 Å². The minimum atomic E-state index is 0.182. The molecule has 1 aliphatic rings. The average molecular weight is 377 g/mol. The van der Waals surface area contributed by atoms with Crippen LogP contribution >= 0.6 is 0 Å². The number of benzene rings is 2. The number of phenolic OH excluding ortho intramolecular Hbond substituents is 1. The molecule has 1 aromatic heterocycles. The maximum absolute atomic E-state index is 9.93. The third kappa shape index (κ3) is 3.52. The molecule has 2 aromatic carbocycles. The van der Waals surface area contributed by atoms with E-state index in [1.54, 1.807) is 13.2 Å². The lowest BCUT2D eigenvalue weighted by Crippen LogP contribution is -2.29. The van der Waals surface area contributed by atoms with Crippen molar-refractivity contribution in [1.82, 2.24) is 9.47 Å². The molecule has 1 atom stereocenters. The number of hydrogen-bond acceptors (Lipinski definition) is 3. The summed E-state index contributed by atoms with van der Waals surface area (Å²) < 4.78 is 7.70. The number of hydrogen-bond donors (Lipinski definition) is 1. The van der Waals surface area contributed by atoms with Crippen molar-refractivity contribution in [2.45, 2.75) is 39.4 Å². The van der Waals surface area contributed by atoms with Gasteiger partial charge in [-0.25, -0.2) is 0 Å². The van der Waals surface area contributed by atoms with E-state index in [-0.39, 0.29) is 11.8 Å². The Bertz CT molecular complexity index is 976. The predicted octanol–water partition coefficient (Wildman–Crippen LogP) is 4.81. The van der Waals surface area contributed by atoms with Crippen molar-refractivity contribution in [2.75, 3.05) is 13.7 Å². The van der Waals surface area contributed by atoms with Crippen molar-refractivity contribution in [2.24, 2.45) is 0 Å². The zero-order valence-electron chi connectivity index (χ0n) is 16.9. The Hall–Kier alpha value is -2.72. The highest BCUT2D eigenvalue weighted by Crippen LogP contribution is 2.35. The number of nitrogens with zero attached hydrogens (tertiary/aromatic N) is 2. The minimum Gasteiger partial charge on any atom is -0.504 e. The lowest BCUT2D eigenvalue weighted by Gasteiger charge is -2.31. The van der Waals surface area contributed by atoms with Gasteiger partial charge in [0, 0.05) is 31.5 Å². The van der Waals surface area contributed by atoms with Crippen LogP contribution in [0.1, 0.15) is 40.4 Å². The van der Waals surface area contributed by atoms with E-state index in [9.17, 15) is 5.11 Å². The molecule has 0 fully saturated rings. The summed E-state index contributed by atoms with van der Waals surface area (Å²) in [7, 11) is 1.59. The van der Waals surface area contributed by atoms with E-state index in [1.807, 2.05) is 12.1 Å². The molecule has 4 nitrogen and oxygen atoms in total. The van der Waals surface area contributed by atoms with Crippen LogP contribution in [0, 0.1) is 13.8 Å². The van der Waals surface area contributed by atoms with Crippen LogP contribution in [0.4, 0.5) is 0 Å². The quantitative estimate of drug-likeness (QED) is 0.710. The SMILES string of the molecule is COc1cc(CN2CCCn3cccc3C2c2ccc(C)c(C)c2)ccc1O. The fraction of sp³-hybridized carbons (Fsp3) is 0.333. The van der Waals surface area contributed by atoms with E-state index in [0.717, 1.165) is 31.6 Å². The first kappa shape index (κ1) is 18.6. The summed E-state index contributed by atoms with van der Waals surface area (Å²) in [5, 5.41) is 9.93. The van der Waals surface area contributed by atoms with Crippen LogP contribution in [-0.4, -0.2) is 28.2 Å². The Morgan fingerprint density at radius 2 is 1.89 bits per heavy atom. The minimum absolute atomic E-state index is 0.182. The summed E-state index contributed by atoms with van der Waals surface area (Å²) in [5.74, 6) is 0.708. The lowest BCUT2D eigenvalue weighted by molar-refractivity contribution is 0.220. The monoisotopic (exact) mass is 376 g/mol.